The first-order valence-electron chi connectivity index (χ1n) is 11.0. The van der Waals surface area contributed by atoms with Crippen molar-refractivity contribution >= 4 is 17.9 Å². The molecular formula is C26H29NO3. The molecule has 0 amide bonds. The molecule has 4 saturated carbocycles. The largest absolute Gasteiger partial charge is 0.496 e. The SMILES string of the molecule is COc1ccc(C=Nc2ccc(C(=O)O)c(C)c2)cc1C12CC3CC(CC(C3)C1)C2. The predicted octanol–water partition coefficient (Wildman–Crippen LogP) is 5.92. The summed E-state index contributed by atoms with van der Waals surface area (Å²) in [4.78, 5) is 15.8. The average molecular weight is 404 g/mol. The van der Waals surface area contributed by atoms with Gasteiger partial charge in [-0.05, 0) is 116 Å². The minimum absolute atomic E-state index is 0.268. The number of ether oxygens (including phenoxy) is 1. The Kier molecular flexibility index (Phi) is 4.68. The lowest BCUT2D eigenvalue weighted by atomic mass is 9.48. The van der Waals surface area contributed by atoms with E-state index < -0.39 is 5.97 Å². The number of carbonyl (C=O) groups is 1. The molecule has 0 atom stereocenters. The van der Waals surface area contributed by atoms with Crippen LogP contribution in [0.4, 0.5) is 5.69 Å². The normalized spacial score (nSPS) is 29.5. The Morgan fingerprint density at radius 3 is 2.30 bits per heavy atom. The van der Waals surface area contributed by atoms with Crippen molar-refractivity contribution in [3.8, 4) is 5.75 Å². The number of hydrogen-bond acceptors (Lipinski definition) is 3. The fourth-order valence-electron chi connectivity index (χ4n) is 6.78. The Morgan fingerprint density at radius 1 is 1.07 bits per heavy atom. The standard InChI is InChI=1S/C26H29NO3/c1-16-7-21(4-5-22(16)25(28)29)27-15-17-3-6-24(30-2)23(11-17)26-12-18-8-19(13-26)10-20(9-18)14-26/h3-7,11,15,18-20H,8-10,12-14H2,1-2H3,(H,28,29). The van der Waals surface area contributed by atoms with Gasteiger partial charge in [0.05, 0.1) is 18.4 Å². The van der Waals surface area contributed by atoms with E-state index in [1.807, 2.05) is 12.3 Å². The second kappa shape index (κ2) is 7.26. The molecule has 2 aromatic carbocycles. The van der Waals surface area contributed by atoms with E-state index in [0.29, 0.717) is 5.56 Å². The van der Waals surface area contributed by atoms with Crippen molar-refractivity contribution in [3.05, 3.63) is 58.7 Å². The summed E-state index contributed by atoms with van der Waals surface area (Å²) in [6, 6.07) is 11.6. The summed E-state index contributed by atoms with van der Waals surface area (Å²) in [6.07, 6.45) is 10.1. The van der Waals surface area contributed by atoms with Crippen molar-refractivity contribution in [2.75, 3.05) is 7.11 Å². The van der Waals surface area contributed by atoms with Crippen LogP contribution in [0.25, 0.3) is 0 Å². The highest BCUT2D eigenvalue weighted by Crippen LogP contribution is 2.61. The maximum absolute atomic E-state index is 11.2. The zero-order valence-electron chi connectivity index (χ0n) is 17.7. The minimum atomic E-state index is -0.904. The van der Waals surface area contributed by atoms with Crippen molar-refractivity contribution in [2.24, 2.45) is 22.7 Å². The Balaban J connectivity index is 1.46. The highest BCUT2D eigenvalue weighted by atomic mass is 16.5. The molecule has 1 N–H and O–H groups in total. The Morgan fingerprint density at radius 2 is 1.73 bits per heavy atom. The first-order valence-corrected chi connectivity index (χ1v) is 11.0. The van der Waals surface area contributed by atoms with Gasteiger partial charge >= 0.3 is 5.97 Å². The second-order valence-corrected chi connectivity index (χ2v) is 9.72. The first kappa shape index (κ1) is 19.3. The van der Waals surface area contributed by atoms with E-state index in [-0.39, 0.29) is 5.41 Å². The zero-order valence-corrected chi connectivity index (χ0v) is 17.7. The lowest BCUT2D eigenvalue weighted by molar-refractivity contribution is -0.00616. The molecule has 156 valence electrons. The molecule has 0 aromatic heterocycles. The third-order valence-corrected chi connectivity index (χ3v) is 7.64. The molecule has 0 spiro atoms. The van der Waals surface area contributed by atoms with Crippen LogP contribution in [0.3, 0.4) is 0 Å². The van der Waals surface area contributed by atoms with Crippen LogP contribution in [0.2, 0.25) is 0 Å². The van der Waals surface area contributed by atoms with Gasteiger partial charge in [0.2, 0.25) is 0 Å². The number of benzene rings is 2. The van der Waals surface area contributed by atoms with Crippen LogP contribution < -0.4 is 4.74 Å². The van der Waals surface area contributed by atoms with E-state index in [1.54, 1.807) is 26.2 Å². The number of nitrogens with zero attached hydrogens (tertiary/aromatic N) is 1. The van der Waals surface area contributed by atoms with Crippen molar-refractivity contribution in [2.45, 2.75) is 50.9 Å². The molecule has 4 aliphatic carbocycles. The topological polar surface area (TPSA) is 58.9 Å². The molecule has 4 bridgehead atoms. The van der Waals surface area contributed by atoms with Gasteiger partial charge in [-0.25, -0.2) is 4.79 Å². The van der Waals surface area contributed by atoms with Crippen molar-refractivity contribution in [3.63, 3.8) is 0 Å². The van der Waals surface area contributed by atoms with Gasteiger partial charge < -0.3 is 9.84 Å². The summed E-state index contributed by atoms with van der Waals surface area (Å²) in [5, 5.41) is 9.21. The van der Waals surface area contributed by atoms with Crippen LogP contribution in [0.15, 0.2) is 41.4 Å². The van der Waals surface area contributed by atoms with E-state index in [1.165, 1.54) is 44.1 Å². The molecular weight excluding hydrogens is 374 g/mol. The summed E-state index contributed by atoms with van der Waals surface area (Å²) in [5.74, 6) is 2.76. The van der Waals surface area contributed by atoms with Gasteiger partial charge in [-0.3, -0.25) is 4.99 Å². The van der Waals surface area contributed by atoms with Crippen LogP contribution in [-0.4, -0.2) is 24.4 Å². The van der Waals surface area contributed by atoms with E-state index in [2.05, 4.69) is 23.2 Å². The molecule has 0 heterocycles. The second-order valence-electron chi connectivity index (χ2n) is 9.72. The lowest BCUT2D eigenvalue weighted by Crippen LogP contribution is -2.48. The van der Waals surface area contributed by atoms with Crippen LogP contribution in [-0.2, 0) is 5.41 Å². The number of aryl methyl sites for hydroxylation is 1. The monoisotopic (exact) mass is 403 g/mol. The highest BCUT2D eigenvalue weighted by molar-refractivity contribution is 5.90. The number of aromatic carboxylic acids is 1. The van der Waals surface area contributed by atoms with E-state index >= 15 is 0 Å². The molecule has 0 aliphatic heterocycles. The molecule has 6 rings (SSSR count). The zero-order chi connectivity index (χ0) is 20.9. The molecule has 2 aromatic rings. The number of methoxy groups -OCH3 is 1. The quantitative estimate of drug-likeness (QED) is 0.630. The fraction of sp³-hybridized carbons (Fsp3) is 0.462. The Hall–Kier alpha value is -2.62. The summed E-state index contributed by atoms with van der Waals surface area (Å²) >= 11 is 0. The molecule has 4 nitrogen and oxygen atoms in total. The van der Waals surface area contributed by atoms with E-state index in [9.17, 15) is 9.90 Å². The van der Waals surface area contributed by atoms with Crippen molar-refractivity contribution < 1.29 is 14.6 Å². The van der Waals surface area contributed by atoms with Crippen LogP contribution in [0.1, 0.15) is 65.6 Å². The average Bonchev–Trinajstić information content (AvgIpc) is 2.71. The minimum Gasteiger partial charge on any atom is -0.496 e. The van der Waals surface area contributed by atoms with Gasteiger partial charge in [0.25, 0.3) is 0 Å². The van der Waals surface area contributed by atoms with Crippen molar-refractivity contribution in [1.29, 1.82) is 0 Å². The molecule has 0 saturated heterocycles. The number of hydrogen-bond donors (Lipinski definition) is 1. The number of carboxylic acid groups (broad SMARTS) is 1. The lowest BCUT2D eigenvalue weighted by Gasteiger charge is -2.57. The van der Waals surface area contributed by atoms with Gasteiger partial charge in [0.1, 0.15) is 5.75 Å². The van der Waals surface area contributed by atoms with Crippen LogP contribution >= 0.6 is 0 Å². The summed E-state index contributed by atoms with van der Waals surface area (Å²) < 4.78 is 5.80. The number of carboxylic acids is 1. The van der Waals surface area contributed by atoms with Crippen LogP contribution in [0.5, 0.6) is 5.75 Å². The fourth-order valence-corrected chi connectivity index (χ4v) is 6.78. The maximum atomic E-state index is 11.2. The maximum Gasteiger partial charge on any atom is 0.335 e. The van der Waals surface area contributed by atoms with E-state index in [0.717, 1.165) is 40.3 Å². The molecule has 4 fully saturated rings. The number of rotatable bonds is 5. The first-order chi connectivity index (χ1) is 14.5. The Bertz CT molecular complexity index is 988. The summed E-state index contributed by atoms with van der Waals surface area (Å²) in [7, 11) is 1.78. The van der Waals surface area contributed by atoms with Gasteiger partial charge in [0, 0.05) is 11.8 Å². The van der Waals surface area contributed by atoms with Crippen molar-refractivity contribution in [1.82, 2.24) is 0 Å². The molecule has 30 heavy (non-hydrogen) atoms. The number of aliphatic imine (C=N–C) groups is 1. The Labute approximate surface area is 178 Å². The summed E-state index contributed by atoms with van der Waals surface area (Å²) in [5.41, 5.74) is 4.52. The molecule has 0 radical (unpaired) electrons. The summed E-state index contributed by atoms with van der Waals surface area (Å²) in [6.45, 7) is 1.81. The molecule has 0 unspecified atom stereocenters. The van der Waals surface area contributed by atoms with Gasteiger partial charge in [-0.2, -0.15) is 0 Å². The van der Waals surface area contributed by atoms with Gasteiger partial charge in [-0.15, -0.1) is 0 Å². The highest BCUT2D eigenvalue weighted by Gasteiger charge is 2.52. The smallest absolute Gasteiger partial charge is 0.335 e. The predicted molar refractivity (Wildman–Crippen MR) is 118 cm³/mol. The molecule has 4 heteroatoms. The third-order valence-electron chi connectivity index (χ3n) is 7.64. The third kappa shape index (κ3) is 3.32. The van der Waals surface area contributed by atoms with Gasteiger partial charge in [0.15, 0.2) is 0 Å². The van der Waals surface area contributed by atoms with Crippen LogP contribution in [0, 0.1) is 24.7 Å². The van der Waals surface area contributed by atoms with E-state index in [4.69, 9.17) is 4.74 Å². The van der Waals surface area contributed by atoms with Gasteiger partial charge in [-0.1, -0.05) is 0 Å². The molecule has 4 aliphatic rings.